The van der Waals surface area contributed by atoms with E-state index in [1.807, 2.05) is 13.0 Å². The van der Waals surface area contributed by atoms with E-state index >= 15 is 0 Å². The molecule has 35 heavy (non-hydrogen) atoms. The summed E-state index contributed by atoms with van der Waals surface area (Å²) in [6.07, 6.45) is 0.796. The average molecular weight is 493 g/mol. The van der Waals surface area contributed by atoms with Crippen LogP contribution in [0.4, 0.5) is 11.4 Å². The van der Waals surface area contributed by atoms with E-state index in [1.54, 1.807) is 30.5 Å². The number of imidazole rings is 1. The molecule has 1 aliphatic rings. The third kappa shape index (κ3) is 4.91. The molecule has 0 saturated carbocycles. The molecule has 0 aliphatic carbocycles. The monoisotopic (exact) mass is 492 g/mol. The van der Waals surface area contributed by atoms with Crippen LogP contribution in [0.5, 0.6) is 0 Å². The highest BCUT2D eigenvalue weighted by Crippen LogP contribution is 2.30. The number of hydrogen-bond acceptors (Lipinski definition) is 6. The van der Waals surface area contributed by atoms with Gasteiger partial charge in [0.2, 0.25) is 0 Å². The van der Waals surface area contributed by atoms with Crippen molar-refractivity contribution in [1.82, 2.24) is 19.9 Å². The molecule has 1 atom stereocenters. The van der Waals surface area contributed by atoms with Gasteiger partial charge in [0, 0.05) is 49.6 Å². The number of halogens is 1. The van der Waals surface area contributed by atoms with Gasteiger partial charge in [-0.1, -0.05) is 23.7 Å². The van der Waals surface area contributed by atoms with Crippen LogP contribution in [0, 0.1) is 6.92 Å². The molecule has 0 unspecified atom stereocenters. The smallest absolute Gasteiger partial charge is 0.261 e. The molecule has 1 fully saturated rings. The van der Waals surface area contributed by atoms with E-state index in [2.05, 4.69) is 44.3 Å². The van der Waals surface area contributed by atoms with Gasteiger partial charge in [0.25, 0.3) is 5.56 Å². The maximum absolute atomic E-state index is 12.9. The fourth-order valence-corrected chi connectivity index (χ4v) is 4.74. The third-order valence-corrected chi connectivity index (χ3v) is 6.78. The molecule has 2 aromatic heterocycles. The highest BCUT2D eigenvalue weighted by atomic mass is 35.5. The summed E-state index contributed by atoms with van der Waals surface area (Å²) in [6.45, 7) is 6.26. The van der Waals surface area contributed by atoms with Crippen molar-refractivity contribution in [3.05, 3.63) is 75.2 Å². The second-order valence-electron chi connectivity index (χ2n) is 9.08. The number of nitrogens with one attached hydrogen (secondary N) is 3. The lowest BCUT2D eigenvalue weighted by atomic mass is 10.1. The summed E-state index contributed by atoms with van der Waals surface area (Å²) in [6, 6.07) is 13.2. The van der Waals surface area contributed by atoms with Crippen molar-refractivity contribution in [3.63, 3.8) is 0 Å². The van der Waals surface area contributed by atoms with Crippen molar-refractivity contribution in [2.45, 2.75) is 13.0 Å². The van der Waals surface area contributed by atoms with Gasteiger partial charge >= 0.3 is 0 Å². The van der Waals surface area contributed by atoms with Crippen LogP contribution in [0.15, 0.2) is 53.5 Å². The summed E-state index contributed by atoms with van der Waals surface area (Å²) >= 11 is 6.06. The molecular formula is C26H29ClN6O2. The number of fused-ring (bicyclic) bond motifs is 1. The first-order valence-corrected chi connectivity index (χ1v) is 12.1. The second kappa shape index (κ2) is 9.73. The van der Waals surface area contributed by atoms with Crippen molar-refractivity contribution in [2.75, 3.05) is 50.0 Å². The van der Waals surface area contributed by atoms with Crippen molar-refractivity contribution >= 4 is 34.0 Å². The average Bonchev–Trinajstić information content (AvgIpc) is 3.27. The SMILES string of the molecule is Cc1cc(N2CCN(C)CC2)cc2[nH]c(-c3c(NC[C@@H](O)c4cccc(Cl)c4)cc[nH]c3=O)nc12. The van der Waals surface area contributed by atoms with Gasteiger partial charge in [-0.3, -0.25) is 4.79 Å². The molecule has 9 heteroatoms. The minimum Gasteiger partial charge on any atom is -0.387 e. The van der Waals surface area contributed by atoms with Gasteiger partial charge in [0.15, 0.2) is 0 Å². The van der Waals surface area contributed by atoms with Crippen LogP contribution in [0.3, 0.4) is 0 Å². The van der Waals surface area contributed by atoms with Crippen LogP contribution in [0.1, 0.15) is 17.2 Å². The Hall–Kier alpha value is -3.33. The Morgan fingerprint density at radius 2 is 1.97 bits per heavy atom. The first kappa shape index (κ1) is 23.4. The topological polar surface area (TPSA) is 100 Å². The molecule has 2 aromatic carbocycles. The molecule has 0 spiro atoms. The van der Waals surface area contributed by atoms with Gasteiger partial charge in [-0.15, -0.1) is 0 Å². The van der Waals surface area contributed by atoms with Crippen molar-refractivity contribution < 1.29 is 5.11 Å². The Bertz CT molecular complexity index is 1410. The number of rotatable bonds is 6. The number of piperazine rings is 1. The zero-order chi connectivity index (χ0) is 24.5. The number of pyridine rings is 1. The zero-order valence-electron chi connectivity index (χ0n) is 19.8. The molecule has 4 N–H and O–H groups in total. The number of aromatic amines is 2. The van der Waals surface area contributed by atoms with Crippen molar-refractivity contribution in [3.8, 4) is 11.4 Å². The van der Waals surface area contributed by atoms with Crippen LogP contribution >= 0.6 is 11.6 Å². The van der Waals surface area contributed by atoms with E-state index in [1.165, 1.54) is 0 Å². The number of aromatic nitrogens is 3. The number of aryl methyl sites for hydroxylation is 1. The lowest BCUT2D eigenvalue weighted by Crippen LogP contribution is -2.44. The molecular weight excluding hydrogens is 464 g/mol. The van der Waals surface area contributed by atoms with Gasteiger partial charge < -0.3 is 30.2 Å². The van der Waals surface area contributed by atoms with Crippen LogP contribution in [0.25, 0.3) is 22.4 Å². The molecule has 8 nitrogen and oxygen atoms in total. The Morgan fingerprint density at radius 1 is 1.17 bits per heavy atom. The summed E-state index contributed by atoms with van der Waals surface area (Å²) in [4.78, 5) is 28.4. The largest absolute Gasteiger partial charge is 0.387 e. The fraction of sp³-hybridized carbons (Fsp3) is 0.308. The standard InChI is InChI=1S/C26H29ClN6O2/c1-16-12-19(33-10-8-32(2)9-11-33)14-21-24(16)31-25(30-21)23-20(6-7-28-26(23)35)29-15-22(34)17-4-3-5-18(27)13-17/h3-7,12-14,22,34H,8-11,15H2,1-2H3,(H,30,31)(H2,28,29,35)/t22-/m1/s1. The molecule has 182 valence electrons. The number of benzene rings is 2. The van der Waals surface area contributed by atoms with Gasteiger partial charge in [-0.25, -0.2) is 4.98 Å². The first-order chi connectivity index (χ1) is 16.9. The maximum atomic E-state index is 12.9. The molecule has 4 aromatic rings. The summed E-state index contributed by atoms with van der Waals surface area (Å²) in [7, 11) is 2.14. The minimum absolute atomic E-state index is 0.212. The van der Waals surface area contributed by atoms with Gasteiger partial charge in [-0.2, -0.15) is 0 Å². The van der Waals surface area contributed by atoms with E-state index < -0.39 is 6.10 Å². The number of nitrogens with zero attached hydrogens (tertiary/aromatic N) is 3. The predicted octanol–water partition coefficient (Wildman–Crippen LogP) is 3.78. The van der Waals surface area contributed by atoms with E-state index in [0.717, 1.165) is 48.5 Å². The summed E-state index contributed by atoms with van der Waals surface area (Å²) in [5.74, 6) is 0.486. The number of aliphatic hydroxyl groups is 1. The Kier molecular flexibility index (Phi) is 6.51. The number of H-pyrrole nitrogens is 2. The molecule has 0 amide bonds. The highest BCUT2D eigenvalue weighted by molar-refractivity contribution is 6.30. The van der Waals surface area contributed by atoms with Crippen molar-refractivity contribution in [1.29, 1.82) is 0 Å². The summed E-state index contributed by atoms with van der Waals surface area (Å²) in [5.41, 5.74) is 5.37. The molecule has 1 aliphatic heterocycles. The van der Waals surface area contributed by atoms with Crippen LogP contribution in [-0.4, -0.2) is 64.7 Å². The number of likely N-dealkylation sites (N-methyl/N-ethyl adjacent to an activating group) is 1. The van der Waals surface area contributed by atoms with Crippen LogP contribution in [0.2, 0.25) is 5.02 Å². The zero-order valence-corrected chi connectivity index (χ0v) is 20.6. The van der Waals surface area contributed by atoms with Gasteiger partial charge in [0.05, 0.1) is 22.8 Å². The van der Waals surface area contributed by atoms with Crippen LogP contribution < -0.4 is 15.8 Å². The van der Waals surface area contributed by atoms with Crippen LogP contribution in [-0.2, 0) is 0 Å². The molecule has 3 heterocycles. The normalized spacial score (nSPS) is 15.5. The predicted molar refractivity (Wildman–Crippen MR) is 141 cm³/mol. The number of aliphatic hydroxyl groups excluding tert-OH is 1. The maximum Gasteiger partial charge on any atom is 0.261 e. The summed E-state index contributed by atoms with van der Waals surface area (Å²) < 4.78 is 0. The van der Waals surface area contributed by atoms with E-state index in [4.69, 9.17) is 16.6 Å². The van der Waals surface area contributed by atoms with E-state index in [0.29, 0.717) is 27.7 Å². The third-order valence-electron chi connectivity index (χ3n) is 6.55. The molecule has 0 bridgehead atoms. The quantitative estimate of drug-likeness (QED) is 0.327. The lowest BCUT2D eigenvalue weighted by molar-refractivity contribution is 0.191. The lowest BCUT2D eigenvalue weighted by Gasteiger charge is -2.34. The highest BCUT2D eigenvalue weighted by Gasteiger charge is 2.19. The van der Waals surface area contributed by atoms with Gasteiger partial charge in [-0.05, 0) is 55.4 Å². The first-order valence-electron chi connectivity index (χ1n) is 11.7. The fourth-order valence-electron chi connectivity index (χ4n) is 4.54. The van der Waals surface area contributed by atoms with E-state index in [-0.39, 0.29) is 12.1 Å². The Balaban J connectivity index is 1.44. The van der Waals surface area contributed by atoms with Gasteiger partial charge in [0.1, 0.15) is 11.4 Å². The second-order valence-corrected chi connectivity index (χ2v) is 9.52. The van der Waals surface area contributed by atoms with E-state index in [9.17, 15) is 9.90 Å². The Morgan fingerprint density at radius 3 is 2.74 bits per heavy atom. The Labute approximate surface area is 208 Å². The molecule has 1 saturated heterocycles. The minimum atomic E-state index is -0.787. The summed E-state index contributed by atoms with van der Waals surface area (Å²) in [5, 5.41) is 14.4. The molecule has 5 rings (SSSR count). The van der Waals surface area contributed by atoms with Crippen molar-refractivity contribution in [2.24, 2.45) is 0 Å². The molecule has 0 radical (unpaired) electrons. The number of anilines is 2. The number of hydrogen-bond donors (Lipinski definition) is 4.